The van der Waals surface area contributed by atoms with E-state index >= 15 is 0 Å². The molecule has 0 saturated heterocycles. The van der Waals surface area contributed by atoms with Gasteiger partial charge in [0.15, 0.2) is 5.41 Å². The van der Waals surface area contributed by atoms with Crippen LogP contribution in [0.15, 0.2) is 23.2 Å². The van der Waals surface area contributed by atoms with Crippen molar-refractivity contribution in [3.8, 4) is 23.6 Å². The molecule has 0 bridgehead atoms. The van der Waals surface area contributed by atoms with Crippen LogP contribution in [0.5, 0.6) is 11.5 Å². The summed E-state index contributed by atoms with van der Waals surface area (Å²) in [4.78, 5) is 4.32. The lowest BCUT2D eigenvalue weighted by Gasteiger charge is -2.31. The maximum absolute atomic E-state index is 10.2. The van der Waals surface area contributed by atoms with E-state index in [2.05, 4.69) is 17.1 Å². The lowest BCUT2D eigenvalue weighted by molar-refractivity contribution is -0.255. The number of nitrogens with zero attached hydrogens (tertiary/aromatic N) is 3. The van der Waals surface area contributed by atoms with Crippen LogP contribution < -0.4 is 15.2 Å². The van der Waals surface area contributed by atoms with Gasteiger partial charge in [-0.25, -0.2) is 4.99 Å². The summed E-state index contributed by atoms with van der Waals surface area (Å²) in [5.74, 6) is -1.12. The molecule has 0 unspecified atom stereocenters. The first-order valence-corrected chi connectivity index (χ1v) is 8.66. The van der Waals surface area contributed by atoms with Gasteiger partial charge in [-0.1, -0.05) is 6.07 Å². The van der Waals surface area contributed by atoms with Gasteiger partial charge in [-0.15, -0.1) is 0 Å². The molecule has 0 radical (unpaired) electrons. The van der Waals surface area contributed by atoms with Crippen molar-refractivity contribution in [1.82, 2.24) is 0 Å². The molecule has 1 heterocycles. The van der Waals surface area contributed by atoms with Crippen molar-refractivity contribution in [2.45, 2.75) is 25.7 Å². The van der Waals surface area contributed by atoms with Gasteiger partial charge in [-0.05, 0) is 19.9 Å². The van der Waals surface area contributed by atoms with Crippen LogP contribution in [0.3, 0.4) is 0 Å². The number of nitriles is 2. The molecule has 0 spiro atoms. The van der Waals surface area contributed by atoms with Crippen LogP contribution in [0.25, 0.3) is 0 Å². The number of rotatable bonds is 7. The lowest BCUT2D eigenvalue weighted by Crippen LogP contribution is -2.43. The number of amidine groups is 1. The van der Waals surface area contributed by atoms with Gasteiger partial charge in [0.1, 0.15) is 22.7 Å². The number of fused-ring (bicyclic) bond motifs is 1. The van der Waals surface area contributed by atoms with E-state index in [1.165, 1.54) is 7.11 Å². The standard InChI is InChI=1S/C19H22N4O4/c1-5-26-19(27-6-2)18(11-21)15(17(18,10-20)16(22)23-19)13-8-7-12(24-3)9-14(13)25-4/h7-9,15H,5-6H2,1-4H3,(H2,22,23)/t15-,17+,18+/m0/s1. The summed E-state index contributed by atoms with van der Waals surface area (Å²) in [6.45, 7) is 4.03. The van der Waals surface area contributed by atoms with E-state index in [-0.39, 0.29) is 19.0 Å². The maximum Gasteiger partial charge on any atom is 0.293 e. The van der Waals surface area contributed by atoms with Gasteiger partial charge < -0.3 is 24.7 Å². The van der Waals surface area contributed by atoms with Crippen molar-refractivity contribution in [3.05, 3.63) is 23.8 Å². The molecule has 0 amide bonds. The summed E-state index contributed by atoms with van der Waals surface area (Å²) in [5, 5.41) is 20.3. The number of hydrogen-bond donors (Lipinski definition) is 1. The molecule has 142 valence electrons. The summed E-state index contributed by atoms with van der Waals surface area (Å²) in [5.41, 5.74) is 4.08. The lowest BCUT2D eigenvalue weighted by atomic mass is 9.93. The summed E-state index contributed by atoms with van der Waals surface area (Å²) in [7, 11) is 3.07. The quantitative estimate of drug-likeness (QED) is 0.727. The number of methoxy groups -OCH3 is 2. The molecule has 27 heavy (non-hydrogen) atoms. The smallest absolute Gasteiger partial charge is 0.293 e. The minimum atomic E-state index is -1.64. The van der Waals surface area contributed by atoms with E-state index in [0.717, 1.165) is 0 Å². The molecule has 1 saturated carbocycles. The Morgan fingerprint density at radius 3 is 2.26 bits per heavy atom. The number of aliphatic imine (C=N–C) groups is 1. The fourth-order valence-corrected chi connectivity index (χ4v) is 4.27. The van der Waals surface area contributed by atoms with Gasteiger partial charge in [0.2, 0.25) is 0 Å². The molecular weight excluding hydrogens is 348 g/mol. The van der Waals surface area contributed by atoms with Gasteiger partial charge >= 0.3 is 0 Å². The highest BCUT2D eigenvalue weighted by molar-refractivity contribution is 6.00. The van der Waals surface area contributed by atoms with Crippen LogP contribution in [0.4, 0.5) is 0 Å². The van der Waals surface area contributed by atoms with E-state index < -0.39 is 22.7 Å². The molecule has 1 aromatic carbocycles. The predicted octanol–water partition coefficient (Wildman–Crippen LogP) is 1.92. The zero-order valence-electron chi connectivity index (χ0n) is 15.8. The molecule has 1 aromatic rings. The Bertz CT molecular complexity index is 865. The summed E-state index contributed by atoms with van der Waals surface area (Å²) >= 11 is 0. The van der Waals surface area contributed by atoms with Crippen molar-refractivity contribution < 1.29 is 18.9 Å². The second kappa shape index (κ2) is 6.41. The molecule has 3 rings (SSSR count). The Kier molecular flexibility index (Phi) is 4.51. The fraction of sp³-hybridized carbons (Fsp3) is 0.526. The second-order valence-corrected chi connectivity index (χ2v) is 6.33. The van der Waals surface area contributed by atoms with Crippen molar-refractivity contribution in [2.75, 3.05) is 27.4 Å². The normalized spacial score (nSPS) is 29.9. The first-order valence-electron chi connectivity index (χ1n) is 8.66. The molecule has 2 aliphatic rings. The van der Waals surface area contributed by atoms with Crippen molar-refractivity contribution in [1.29, 1.82) is 10.5 Å². The van der Waals surface area contributed by atoms with E-state index in [1.807, 2.05) is 0 Å². The predicted molar refractivity (Wildman–Crippen MR) is 96.0 cm³/mol. The third kappa shape index (κ3) is 2.05. The first-order chi connectivity index (χ1) is 13.0. The van der Waals surface area contributed by atoms with Crippen LogP contribution in [0.1, 0.15) is 25.3 Å². The van der Waals surface area contributed by atoms with Gasteiger partial charge in [0.25, 0.3) is 5.91 Å². The molecule has 8 nitrogen and oxygen atoms in total. The molecule has 3 atom stereocenters. The monoisotopic (exact) mass is 370 g/mol. The fourth-order valence-electron chi connectivity index (χ4n) is 4.27. The highest BCUT2D eigenvalue weighted by Gasteiger charge is 2.94. The third-order valence-electron chi connectivity index (χ3n) is 5.36. The highest BCUT2D eigenvalue weighted by Crippen LogP contribution is 2.82. The Labute approximate surface area is 158 Å². The van der Waals surface area contributed by atoms with Crippen LogP contribution in [0, 0.1) is 33.5 Å². The van der Waals surface area contributed by atoms with E-state index in [1.54, 1.807) is 39.2 Å². The topological polar surface area (TPSA) is 123 Å². The van der Waals surface area contributed by atoms with Crippen molar-refractivity contribution in [3.63, 3.8) is 0 Å². The van der Waals surface area contributed by atoms with Gasteiger partial charge in [-0.2, -0.15) is 10.5 Å². The summed E-state index contributed by atoms with van der Waals surface area (Å²) < 4.78 is 22.4. The zero-order chi connectivity index (χ0) is 19.9. The maximum atomic E-state index is 10.2. The van der Waals surface area contributed by atoms with Crippen LogP contribution in [0.2, 0.25) is 0 Å². The largest absolute Gasteiger partial charge is 0.497 e. The SMILES string of the molecule is CCOC1(OCC)N=C(N)[C@@]2(C#N)[C@H](c3ccc(OC)cc3OC)[C@@]12C#N. The van der Waals surface area contributed by atoms with Crippen LogP contribution in [-0.2, 0) is 9.47 Å². The average Bonchev–Trinajstić information content (AvgIpc) is 3.26. The number of benzene rings is 1. The number of ether oxygens (including phenoxy) is 4. The molecule has 1 aliphatic heterocycles. The summed E-state index contributed by atoms with van der Waals surface area (Å²) in [6.07, 6.45) is 0. The summed E-state index contributed by atoms with van der Waals surface area (Å²) in [6, 6.07) is 9.73. The van der Waals surface area contributed by atoms with Gasteiger partial charge in [0, 0.05) is 30.8 Å². The van der Waals surface area contributed by atoms with Crippen molar-refractivity contribution in [2.24, 2.45) is 21.6 Å². The average molecular weight is 370 g/mol. The van der Waals surface area contributed by atoms with Gasteiger partial charge in [-0.3, -0.25) is 0 Å². The number of hydrogen-bond acceptors (Lipinski definition) is 8. The van der Waals surface area contributed by atoms with Gasteiger partial charge in [0.05, 0.1) is 26.4 Å². The Hall–Kier alpha value is -2.81. The van der Waals surface area contributed by atoms with E-state index in [9.17, 15) is 10.5 Å². The Morgan fingerprint density at radius 1 is 1.11 bits per heavy atom. The van der Waals surface area contributed by atoms with Crippen molar-refractivity contribution >= 4 is 5.84 Å². The van der Waals surface area contributed by atoms with Crippen LogP contribution >= 0.6 is 0 Å². The number of nitrogens with two attached hydrogens (primary N) is 1. The molecule has 0 aromatic heterocycles. The molecule has 1 aliphatic carbocycles. The Balaban J connectivity index is 2.24. The van der Waals surface area contributed by atoms with E-state index in [0.29, 0.717) is 17.1 Å². The van der Waals surface area contributed by atoms with E-state index in [4.69, 9.17) is 24.7 Å². The third-order valence-corrected chi connectivity index (χ3v) is 5.36. The second-order valence-electron chi connectivity index (χ2n) is 6.33. The molecular formula is C19H22N4O4. The molecule has 2 N–H and O–H groups in total. The minimum Gasteiger partial charge on any atom is -0.497 e. The Morgan fingerprint density at radius 2 is 1.78 bits per heavy atom. The highest BCUT2D eigenvalue weighted by atomic mass is 16.7. The minimum absolute atomic E-state index is 0.0383. The molecule has 1 fully saturated rings. The zero-order valence-corrected chi connectivity index (χ0v) is 15.8. The molecule has 8 heteroatoms. The van der Waals surface area contributed by atoms with Crippen LogP contribution in [-0.4, -0.2) is 39.2 Å². The first kappa shape index (κ1) is 19.0.